The second-order valence-electron chi connectivity index (χ2n) is 6.15. The van der Waals surface area contributed by atoms with Crippen molar-refractivity contribution in [1.29, 1.82) is 0 Å². The summed E-state index contributed by atoms with van der Waals surface area (Å²) >= 11 is 14.8. The van der Waals surface area contributed by atoms with E-state index in [0.29, 0.717) is 0 Å². The molecular weight excluding hydrogens is 1030 g/mol. The molecule has 0 fully saturated rings. The summed E-state index contributed by atoms with van der Waals surface area (Å²) in [4.78, 5) is 60.7. The van der Waals surface area contributed by atoms with E-state index in [1.54, 1.807) is 0 Å². The molecule has 276 valence electrons. The molecule has 17 nitrogen and oxygen atoms in total. The molecule has 0 radical (unpaired) electrons. The maximum Gasteiger partial charge on any atom is 4.00 e. The smallest absolute Gasteiger partial charge is 0.693 e. The van der Waals surface area contributed by atoms with Gasteiger partial charge in [-0.3, -0.25) is 19.2 Å². The van der Waals surface area contributed by atoms with Crippen LogP contribution in [-0.2, 0) is 70.9 Å². The van der Waals surface area contributed by atoms with Crippen molar-refractivity contribution in [2.75, 3.05) is 23.0 Å². The second-order valence-corrected chi connectivity index (χ2v) is 7.61. The van der Waals surface area contributed by atoms with Crippen LogP contribution in [0.5, 0.6) is 0 Å². The van der Waals surface area contributed by atoms with E-state index in [4.69, 9.17) is 31.9 Å². The molecule has 0 spiro atoms. The predicted molar refractivity (Wildman–Crippen MR) is 185 cm³/mol. The Morgan fingerprint density at radius 2 is 0.886 bits per heavy atom. The molecule has 44 heavy (non-hydrogen) atoms. The third kappa shape index (κ3) is 68.6. The van der Waals surface area contributed by atoms with Gasteiger partial charge in [0, 0.05) is 36.4 Å². The van der Waals surface area contributed by atoms with E-state index in [1.807, 2.05) is 0 Å². The molecule has 0 heterocycles. The molecule has 0 saturated carbocycles. The number of aliphatic carboxylic acids is 4. The van der Waals surface area contributed by atoms with Gasteiger partial charge in [0.05, 0.1) is 5.92 Å². The van der Waals surface area contributed by atoms with Crippen LogP contribution in [0.1, 0.15) is 20.3 Å². The van der Waals surface area contributed by atoms with Gasteiger partial charge in [-0.25, -0.2) is 4.79 Å². The Hall–Kier alpha value is -0.443. The number of thiol groups is 4. The molecule has 0 saturated heterocycles. The molecule has 0 unspecified atom stereocenters. The van der Waals surface area contributed by atoms with Crippen molar-refractivity contribution in [2.45, 2.75) is 38.4 Å². The van der Waals surface area contributed by atoms with Crippen molar-refractivity contribution in [3.63, 3.8) is 0 Å². The maximum absolute atomic E-state index is 10.4. The van der Waals surface area contributed by atoms with E-state index >= 15 is 0 Å². The van der Waals surface area contributed by atoms with Crippen molar-refractivity contribution in [3.8, 4) is 0 Å². The van der Waals surface area contributed by atoms with Crippen LogP contribution in [0.15, 0.2) is 0 Å². The number of rotatable bonds is 11. The van der Waals surface area contributed by atoms with Crippen LogP contribution in [0.25, 0.3) is 24.6 Å². The van der Waals surface area contributed by atoms with E-state index in [9.17, 15) is 28.8 Å². The zero-order chi connectivity index (χ0) is 28.0. The third-order valence-corrected chi connectivity index (χ3v) is 4.58. The molecule has 0 bridgehead atoms. The van der Waals surface area contributed by atoms with Gasteiger partial charge in [0.1, 0.15) is 23.9 Å². The first kappa shape index (κ1) is 90.3. The number of carbonyl (C=O) groups excluding carboxylic acids is 2. The number of carbonyl (C=O) groups is 6. The molecule has 4 atom stereocenters. The molecule has 0 aromatic heterocycles. The monoisotopic (exact) mass is 1080 g/mol. The van der Waals surface area contributed by atoms with E-state index < -0.39 is 47.9 Å². The van der Waals surface area contributed by atoms with Gasteiger partial charge in [0.2, 0.25) is 5.91 Å². The fourth-order valence-corrected chi connectivity index (χ4v) is 2.01. The molecule has 23 heteroatoms. The summed E-state index contributed by atoms with van der Waals surface area (Å²) in [6, 6.07) is -2.51. The van der Waals surface area contributed by atoms with Crippen molar-refractivity contribution in [2.24, 2.45) is 17.4 Å². The molecule has 0 aliphatic rings. The van der Waals surface area contributed by atoms with Gasteiger partial charge >= 0.3 is 66.0 Å². The van der Waals surface area contributed by atoms with Gasteiger partial charge < -0.3 is 96.3 Å². The zero-order valence-corrected chi connectivity index (χ0v) is 33.6. The molecule has 0 aliphatic carbocycles. The van der Waals surface area contributed by atoms with Crippen LogP contribution < -0.4 is 16.8 Å². The summed E-state index contributed by atoms with van der Waals surface area (Å²) in [5, 5.41) is 35.0. The first-order valence-electron chi connectivity index (χ1n) is 9.14. The molecule has 0 aromatic rings. The predicted octanol–water partition coefficient (Wildman–Crippen LogP) is 3.42. The van der Waals surface area contributed by atoms with Gasteiger partial charge in [0.25, 0.3) is 0 Å². The maximum atomic E-state index is 10.4. The first-order valence-corrected chi connectivity index (χ1v) is 11.7. The van der Waals surface area contributed by atoms with Gasteiger partial charge in [-0.2, -0.15) is 50.5 Å². The SMILES string of the molecule is CC(=O)C[C@H](CS)C(=O)O.CC(=O)N[C@@H](CS)C(=O)O.N[C@H](CS)C(=O)O.N[C@H](CS)C(=O)O.[CH3-].[CH3-].[CH3-].[CH3-].[NH2-].[NH2-].[NH2-].[NH2-].[Pt+4].[Pt+4]. The molecule has 0 aliphatic heterocycles. The Bertz CT molecular complexity index is 629. The van der Waals surface area contributed by atoms with E-state index in [-0.39, 0.29) is 138 Å². The number of Topliss-reactive ketones (excluding diaryl/α,β-unsaturated/α-hetero) is 1. The summed E-state index contributed by atoms with van der Waals surface area (Å²) in [5.74, 6) is -4.42. The molecule has 0 aromatic carbocycles. The number of hydrogen-bond acceptors (Lipinski definition) is 12. The van der Waals surface area contributed by atoms with Gasteiger partial charge in [-0.15, -0.1) is 0 Å². The summed E-state index contributed by atoms with van der Waals surface area (Å²) in [6.07, 6.45) is 0.0822. The van der Waals surface area contributed by atoms with Crippen LogP contribution in [-0.4, -0.2) is 97.1 Å². The zero-order valence-electron chi connectivity index (χ0n) is 25.5. The number of amides is 1. The average molecular weight is 1080 g/mol. The van der Waals surface area contributed by atoms with E-state index in [0.717, 1.165) is 0 Å². The Morgan fingerprint density at radius 1 is 0.591 bits per heavy atom. The minimum Gasteiger partial charge on any atom is -0.693 e. The number of carboxylic acids is 4. The number of hydrogen-bond donors (Lipinski definition) is 11. The van der Waals surface area contributed by atoms with Crippen LogP contribution in [0.4, 0.5) is 0 Å². The Balaban J connectivity index is -0.0000000213. The number of ketones is 1. The summed E-state index contributed by atoms with van der Waals surface area (Å²) < 4.78 is 0. The Morgan fingerprint density at radius 3 is 0.932 bits per heavy atom. The number of nitrogens with two attached hydrogens (primary N) is 6. The van der Waals surface area contributed by atoms with Crippen molar-refractivity contribution < 1.29 is 91.3 Å². The minimum atomic E-state index is -1.06. The van der Waals surface area contributed by atoms with Crippen LogP contribution in [0, 0.1) is 35.6 Å². The molecule has 1 amide bonds. The van der Waals surface area contributed by atoms with Crippen molar-refractivity contribution in [1.82, 2.24) is 5.32 Å². The minimum absolute atomic E-state index is 0. The number of nitrogens with one attached hydrogen (secondary N) is 1. The molecule has 0 rings (SSSR count). The van der Waals surface area contributed by atoms with E-state index in [1.165, 1.54) is 13.8 Å². The van der Waals surface area contributed by atoms with Crippen molar-refractivity contribution >= 4 is 86.1 Å². The van der Waals surface area contributed by atoms with Crippen molar-refractivity contribution in [3.05, 3.63) is 54.3 Å². The Labute approximate surface area is 313 Å². The topological polar surface area (TPSA) is 381 Å². The van der Waals surface area contributed by atoms with Crippen LogP contribution >= 0.6 is 50.5 Å². The summed E-state index contributed by atoms with van der Waals surface area (Å²) in [7, 11) is 0. The normalized spacial score (nSPS) is 9.91. The van der Waals surface area contributed by atoms with E-state index in [2.05, 4.69) is 55.8 Å². The quantitative estimate of drug-likeness (QED) is 0.105. The fraction of sp³-hybridized carbons (Fsp3) is 0.524. The summed E-state index contributed by atoms with van der Waals surface area (Å²) in [6.45, 7) is 2.64. The van der Waals surface area contributed by atoms with Crippen LogP contribution in [0.3, 0.4) is 0 Å². The molecular formula is C21H53N7O10Pt2S4. The summed E-state index contributed by atoms with van der Waals surface area (Å²) in [5.41, 5.74) is 9.88. The van der Waals surface area contributed by atoms with Gasteiger partial charge in [-0.05, 0) is 6.92 Å². The first-order chi connectivity index (χ1) is 15.5. The van der Waals surface area contributed by atoms with Crippen LogP contribution in [0.2, 0.25) is 0 Å². The number of carboxylic acid groups (broad SMARTS) is 4. The third-order valence-electron chi connectivity index (χ3n) is 2.99. The van der Waals surface area contributed by atoms with Gasteiger partial charge in [-0.1, -0.05) is 0 Å². The largest absolute Gasteiger partial charge is 4.00 e. The fourth-order valence-electron chi connectivity index (χ4n) is 1.16. The van der Waals surface area contributed by atoms with Gasteiger partial charge in [0.15, 0.2) is 0 Å². The standard InChI is InChI=1S/C6H10O3S.C5H9NO3S.2C3H7NO2S.4CH3.4H2N.2Pt/c1-4(7)2-5(3-10)6(8)9;1-3(7)6-4(2-10)5(8)9;2*4-2(1-7)3(5)6;;;;;;;;;;/h5,10H,2-3H2,1H3,(H,8,9);4,10H,2H2,1H3,(H,6,7)(H,8,9);2*2,7H,1,4H2,(H,5,6);4*1H3;4*1H2;;/q;;;;8*-1;2*+4/t5-;4-;2*2-;;;;;;;;;;/m1011........../s1. The average Bonchev–Trinajstić information content (AvgIpc) is 2.74. The second kappa shape index (κ2) is 58.1. The molecule has 17 N–H and O–H groups in total. The Kier molecular flexibility index (Phi) is 119.